The molecule has 0 amide bonds. The van der Waals surface area contributed by atoms with Gasteiger partial charge in [0, 0.05) is 0 Å². The lowest BCUT2D eigenvalue weighted by Gasteiger charge is -2.14. The molecule has 0 aliphatic heterocycles. The van der Waals surface area contributed by atoms with E-state index in [9.17, 15) is 4.79 Å². The molecular weight excluding hydrogens is 210 g/mol. The normalized spacial score (nSPS) is 9.88. The van der Waals surface area contributed by atoms with E-state index >= 15 is 0 Å². The number of ether oxygens (including phenoxy) is 2. The van der Waals surface area contributed by atoms with E-state index < -0.39 is 5.97 Å². The van der Waals surface area contributed by atoms with Crippen molar-refractivity contribution in [1.29, 1.82) is 0 Å². The van der Waals surface area contributed by atoms with Gasteiger partial charge >= 0.3 is 5.97 Å². The van der Waals surface area contributed by atoms with Crippen molar-refractivity contribution < 1.29 is 19.4 Å². The lowest BCUT2D eigenvalue weighted by molar-refractivity contribution is 0.0691. The van der Waals surface area contributed by atoms with Crippen LogP contribution in [0.5, 0.6) is 11.5 Å². The van der Waals surface area contributed by atoms with Crippen molar-refractivity contribution in [3.8, 4) is 11.5 Å². The molecule has 5 nitrogen and oxygen atoms in total. The van der Waals surface area contributed by atoms with E-state index in [1.165, 1.54) is 12.1 Å². The number of rotatable bonds is 5. The minimum absolute atomic E-state index is 0.0551. The Kier molecular flexibility index (Phi) is 3.99. The van der Waals surface area contributed by atoms with Gasteiger partial charge in [-0.3, -0.25) is 0 Å². The Morgan fingerprint density at radius 2 is 1.81 bits per heavy atom. The number of hydrogen-bond donors (Lipinski definition) is 2. The summed E-state index contributed by atoms with van der Waals surface area (Å²) in [4.78, 5) is 11.0. The molecule has 0 fully saturated rings. The predicted molar refractivity (Wildman–Crippen MR) is 60.2 cm³/mol. The van der Waals surface area contributed by atoms with Gasteiger partial charge in [-0.2, -0.15) is 0 Å². The number of benzene rings is 1. The van der Waals surface area contributed by atoms with Crippen LogP contribution in [-0.4, -0.2) is 24.3 Å². The molecule has 0 spiro atoms. The number of carboxylic acids is 1. The third-order valence-corrected chi connectivity index (χ3v) is 1.95. The van der Waals surface area contributed by atoms with Gasteiger partial charge < -0.3 is 20.3 Å². The van der Waals surface area contributed by atoms with Gasteiger partial charge in [-0.15, -0.1) is 0 Å². The summed E-state index contributed by atoms with van der Waals surface area (Å²) in [7, 11) is 0. The molecule has 0 saturated carbocycles. The molecular formula is C11H15NO4. The fourth-order valence-electron chi connectivity index (χ4n) is 1.33. The molecule has 88 valence electrons. The molecule has 0 unspecified atom stereocenters. The number of carbonyl (C=O) groups is 1. The van der Waals surface area contributed by atoms with Crippen molar-refractivity contribution in [3.63, 3.8) is 0 Å². The van der Waals surface area contributed by atoms with Crippen LogP contribution in [0.15, 0.2) is 12.1 Å². The SMILES string of the molecule is CCOc1c(N)ccc(C(=O)O)c1OCC. The number of anilines is 1. The molecule has 0 radical (unpaired) electrons. The van der Waals surface area contributed by atoms with Crippen LogP contribution in [-0.2, 0) is 0 Å². The van der Waals surface area contributed by atoms with Crippen LogP contribution in [0.3, 0.4) is 0 Å². The summed E-state index contributed by atoms with van der Waals surface area (Å²) in [5, 5.41) is 9.00. The van der Waals surface area contributed by atoms with Gasteiger partial charge in [-0.05, 0) is 26.0 Å². The molecule has 5 heteroatoms. The van der Waals surface area contributed by atoms with E-state index in [1.807, 2.05) is 0 Å². The summed E-state index contributed by atoms with van der Waals surface area (Å²) in [6, 6.07) is 2.90. The zero-order valence-corrected chi connectivity index (χ0v) is 9.32. The van der Waals surface area contributed by atoms with Gasteiger partial charge in [0.2, 0.25) is 0 Å². The molecule has 1 aromatic rings. The molecule has 0 aliphatic rings. The molecule has 16 heavy (non-hydrogen) atoms. The van der Waals surface area contributed by atoms with Gasteiger partial charge in [0.25, 0.3) is 0 Å². The maximum Gasteiger partial charge on any atom is 0.339 e. The summed E-state index contributed by atoms with van der Waals surface area (Å²) in [5.74, 6) is -0.578. The van der Waals surface area contributed by atoms with Crippen molar-refractivity contribution in [1.82, 2.24) is 0 Å². The first-order valence-electron chi connectivity index (χ1n) is 5.03. The maximum absolute atomic E-state index is 11.0. The van der Waals surface area contributed by atoms with E-state index in [1.54, 1.807) is 13.8 Å². The highest BCUT2D eigenvalue weighted by Gasteiger charge is 2.18. The fraction of sp³-hybridized carbons (Fsp3) is 0.364. The minimum Gasteiger partial charge on any atom is -0.489 e. The Labute approximate surface area is 93.8 Å². The molecule has 0 heterocycles. The Morgan fingerprint density at radius 3 is 2.31 bits per heavy atom. The first-order valence-corrected chi connectivity index (χ1v) is 5.03. The molecule has 1 aromatic carbocycles. The van der Waals surface area contributed by atoms with Crippen LogP contribution in [0.4, 0.5) is 5.69 Å². The highest BCUT2D eigenvalue weighted by molar-refractivity contribution is 5.93. The molecule has 0 saturated heterocycles. The third kappa shape index (κ3) is 2.36. The van der Waals surface area contributed by atoms with Crippen LogP contribution >= 0.6 is 0 Å². The quantitative estimate of drug-likeness (QED) is 0.746. The number of nitrogen functional groups attached to an aromatic ring is 1. The monoisotopic (exact) mass is 225 g/mol. The van der Waals surface area contributed by atoms with Gasteiger partial charge in [0.05, 0.1) is 18.9 Å². The summed E-state index contributed by atoms with van der Waals surface area (Å²) in [6.45, 7) is 4.31. The van der Waals surface area contributed by atoms with Crippen molar-refractivity contribution in [3.05, 3.63) is 17.7 Å². The van der Waals surface area contributed by atoms with Crippen molar-refractivity contribution in [2.75, 3.05) is 18.9 Å². The maximum atomic E-state index is 11.0. The molecule has 0 bridgehead atoms. The molecule has 0 atom stereocenters. The highest BCUT2D eigenvalue weighted by atomic mass is 16.5. The Morgan fingerprint density at radius 1 is 1.25 bits per heavy atom. The van der Waals surface area contributed by atoms with Crippen LogP contribution in [0.25, 0.3) is 0 Å². The van der Waals surface area contributed by atoms with Crippen molar-refractivity contribution in [2.45, 2.75) is 13.8 Å². The van der Waals surface area contributed by atoms with Crippen molar-refractivity contribution in [2.24, 2.45) is 0 Å². The number of aromatic carboxylic acids is 1. The fourth-order valence-corrected chi connectivity index (χ4v) is 1.33. The number of carboxylic acid groups (broad SMARTS) is 1. The molecule has 0 aromatic heterocycles. The number of nitrogens with two attached hydrogens (primary N) is 1. The van der Waals surface area contributed by atoms with E-state index in [0.717, 1.165) is 0 Å². The van der Waals surface area contributed by atoms with Gasteiger partial charge in [0.1, 0.15) is 5.56 Å². The van der Waals surface area contributed by atoms with Crippen LogP contribution in [0.2, 0.25) is 0 Å². The summed E-state index contributed by atoms with van der Waals surface area (Å²) < 4.78 is 10.6. The van der Waals surface area contributed by atoms with Crippen LogP contribution < -0.4 is 15.2 Å². The second-order valence-corrected chi connectivity index (χ2v) is 3.03. The van der Waals surface area contributed by atoms with Crippen molar-refractivity contribution >= 4 is 11.7 Å². The summed E-state index contributed by atoms with van der Waals surface area (Å²) in [5.41, 5.74) is 6.13. The Bertz CT molecular complexity index is 390. The standard InChI is InChI=1S/C11H15NO4/c1-3-15-9-7(11(13)14)5-6-8(12)10(9)16-4-2/h5-6H,3-4,12H2,1-2H3,(H,13,14). The first-order chi connectivity index (χ1) is 7.61. The lowest BCUT2D eigenvalue weighted by atomic mass is 10.1. The predicted octanol–water partition coefficient (Wildman–Crippen LogP) is 1.76. The smallest absolute Gasteiger partial charge is 0.339 e. The van der Waals surface area contributed by atoms with Gasteiger partial charge in [-0.1, -0.05) is 0 Å². The lowest BCUT2D eigenvalue weighted by Crippen LogP contribution is -2.07. The average molecular weight is 225 g/mol. The zero-order valence-electron chi connectivity index (χ0n) is 9.32. The van der Waals surface area contributed by atoms with Crippen LogP contribution in [0.1, 0.15) is 24.2 Å². The summed E-state index contributed by atoms with van der Waals surface area (Å²) in [6.07, 6.45) is 0. The van der Waals surface area contributed by atoms with E-state index in [-0.39, 0.29) is 11.3 Å². The topological polar surface area (TPSA) is 81.8 Å². The third-order valence-electron chi connectivity index (χ3n) is 1.95. The zero-order chi connectivity index (χ0) is 12.1. The van der Waals surface area contributed by atoms with Gasteiger partial charge in [0.15, 0.2) is 11.5 Å². The molecule has 3 N–H and O–H groups in total. The first kappa shape index (κ1) is 12.2. The Balaban J connectivity index is 3.30. The van der Waals surface area contributed by atoms with E-state index in [0.29, 0.717) is 24.7 Å². The van der Waals surface area contributed by atoms with Crippen LogP contribution in [0, 0.1) is 0 Å². The largest absolute Gasteiger partial charge is 0.489 e. The second-order valence-electron chi connectivity index (χ2n) is 3.03. The minimum atomic E-state index is -1.07. The highest BCUT2D eigenvalue weighted by Crippen LogP contribution is 2.37. The summed E-state index contributed by atoms with van der Waals surface area (Å²) >= 11 is 0. The second kappa shape index (κ2) is 5.25. The molecule has 1 rings (SSSR count). The number of hydrogen-bond acceptors (Lipinski definition) is 4. The molecule has 0 aliphatic carbocycles. The van der Waals surface area contributed by atoms with E-state index in [4.69, 9.17) is 20.3 Å². The Hall–Kier alpha value is -1.91. The van der Waals surface area contributed by atoms with E-state index in [2.05, 4.69) is 0 Å². The average Bonchev–Trinajstić information content (AvgIpc) is 2.23. The van der Waals surface area contributed by atoms with Gasteiger partial charge in [-0.25, -0.2) is 4.79 Å².